The molecule has 0 aliphatic rings. The van der Waals surface area contributed by atoms with E-state index >= 15 is 0 Å². The van der Waals surface area contributed by atoms with Crippen molar-refractivity contribution < 1.29 is 4.74 Å². The Morgan fingerprint density at radius 3 is 2.67 bits per heavy atom. The smallest absolute Gasteiger partial charge is 0.122 e. The molecule has 0 aromatic heterocycles. The van der Waals surface area contributed by atoms with Crippen LogP contribution in [0.3, 0.4) is 0 Å². The van der Waals surface area contributed by atoms with Gasteiger partial charge in [-0.05, 0) is 37.9 Å². The van der Waals surface area contributed by atoms with E-state index < -0.39 is 0 Å². The Morgan fingerprint density at radius 2 is 2.13 bits per heavy atom. The molecule has 1 atom stereocenters. The lowest BCUT2D eigenvalue weighted by Gasteiger charge is -2.18. The van der Waals surface area contributed by atoms with Crippen LogP contribution in [0.1, 0.15) is 30.4 Å². The molecular weight excluding hydrogens is 186 g/mol. The van der Waals surface area contributed by atoms with Gasteiger partial charge < -0.3 is 10.1 Å². The number of rotatable bonds is 5. The van der Waals surface area contributed by atoms with Crippen molar-refractivity contribution in [2.24, 2.45) is 0 Å². The number of ether oxygens (including phenoxy) is 1. The summed E-state index contributed by atoms with van der Waals surface area (Å²) >= 11 is 0. The number of benzene rings is 1. The maximum absolute atomic E-state index is 5.40. The van der Waals surface area contributed by atoms with Gasteiger partial charge in [-0.1, -0.05) is 24.6 Å². The Bertz CT molecular complexity index is 309. The van der Waals surface area contributed by atoms with Crippen LogP contribution in [0.4, 0.5) is 0 Å². The van der Waals surface area contributed by atoms with Gasteiger partial charge in [0.25, 0.3) is 0 Å². The maximum atomic E-state index is 5.40. The fraction of sp³-hybridized carbons (Fsp3) is 0.538. The molecule has 0 spiro atoms. The summed E-state index contributed by atoms with van der Waals surface area (Å²) in [5.41, 5.74) is 2.61. The van der Waals surface area contributed by atoms with Crippen molar-refractivity contribution in [2.75, 3.05) is 20.7 Å². The van der Waals surface area contributed by atoms with Crippen LogP contribution < -0.4 is 10.1 Å². The van der Waals surface area contributed by atoms with Gasteiger partial charge in [-0.2, -0.15) is 0 Å². The monoisotopic (exact) mass is 207 g/mol. The molecule has 1 aromatic rings. The Kier molecular flexibility index (Phi) is 4.63. The number of nitrogens with one attached hydrogen (secondary N) is 1. The Labute approximate surface area is 92.6 Å². The molecule has 0 amide bonds. The van der Waals surface area contributed by atoms with E-state index in [0.717, 1.165) is 18.7 Å². The lowest BCUT2D eigenvalue weighted by molar-refractivity contribution is 0.403. The largest absolute Gasteiger partial charge is 0.496 e. The van der Waals surface area contributed by atoms with Gasteiger partial charge in [0.15, 0.2) is 0 Å². The third-order valence-corrected chi connectivity index (χ3v) is 2.77. The van der Waals surface area contributed by atoms with E-state index in [9.17, 15) is 0 Å². The normalized spacial score (nSPS) is 12.5. The van der Waals surface area contributed by atoms with Crippen LogP contribution >= 0.6 is 0 Å². The van der Waals surface area contributed by atoms with Crippen LogP contribution in [0, 0.1) is 6.92 Å². The van der Waals surface area contributed by atoms with Crippen molar-refractivity contribution in [1.82, 2.24) is 5.32 Å². The zero-order chi connectivity index (χ0) is 11.3. The highest BCUT2D eigenvalue weighted by atomic mass is 16.5. The first-order valence-corrected chi connectivity index (χ1v) is 5.52. The standard InChI is InChI=1S/C13H21NO/c1-5-11(9-14-3)12-8-10(2)6-7-13(12)15-4/h6-8,11,14H,5,9H2,1-4H3. The number of hydrogen-bond donors (Lipinski definition) is 1. The summed E-state index contributed by atoms with van der Waals surface area (Å²) < 4.78 is 5.40. The molecular formula is C13H21NO. The lowest BCUT2D eigenvalue weighted by atomic mass is 9.94. The predicted molar refractivity (Wildman–Crippen MR) is 64.7 cm³/mol. The molecule has 1 N–H and O–H groups in total. The second-order valence-corrected chi connectivity index (χ2v) is 3.91. The number of aryl methyl sites for hydroxylation is 1. The molecule has 0 aliphatic carbocycles. The van der Waals surface area contributed by atoms with E-state index in [1.165, 1.54) is 11.1 Å². The van der Waals surface area contributed by atoms with E-state index in [1.807, 2.05) is 7.05 Å². The molecule has 0 saturated carbocycles. The molecule has 0 saturated heterocycles. The predicted octanol–water partition coefficient (Wildman–Crippen LogP) is 2.72. The highest BCUT2D eigenvalue weighted by Gasteiger charge is 2.13. The van der Waals surface area contributed by atoms with Crippen molar-refractivity contribution in [3.63, 3.8) is 0 Å². The van der Waals surface area contributed by atoms with Crippen LogP contribution in [-0.2, 0) is 0 Å². The first-order chi connectivity index (χ1) is 7.22. The van der Waals surface area contributed by atoms with Crippen LogP contribution in [-0.4, -0.2) is 20.7 Å². The van der Waals surface area contributed by atoms with Crippen LogP contribution in [0.25, 0.3) is 0 Å². The van der Waals surface area contributed by atoms with Crippen molar-refractivity contribution >= 4 is 0 Å². The van der Waals surface area contributed by atoms with Crippen molar-refractivity contribution in [3.05, 3.63) is 29.3 Å². The molecule has 2 heteroatoms. The molecule has 84 valence electrons. The average molecular weight is 207 g/mol. The van der Waals surface area contributed by atoms with Gasteiger partial charge in [-0.3, -0.25) is 0 Å². The highest BCUT2D eigenvalue weighted by molar-refractivity contribution is 5.39. The first kappa shape index (κ1) is 12.1. The summed E-state index contributed by atoms with van der Waals surface area (Å²) in [5, 5.41) is 3.23. The Hall–Kier alpha value is -1.02. The minimum absolute atomic E-state index is 0.532. The summed E-state index contributed by atoms with van der Waals surface area (Å²) in [5.74, 6) is 1.53. The van der Waals surface area contributed by atoms with E-state index in [-0.39, 0.29) is 0 Å². The fourth-order valence-electron chi connectivity index (χ4n) is 1.89. The SMILES string of the molecule is CCC(CNC)c1cc(C)ccc1OC. The zero-order valence-electron chi connectivity index (χ0n) is 10.1. The summed E-state index contributed by atoms with van der Waals surface area (Å²) in [7, 11) is 3.73. The maximum Gasteiger partial charge on any atom is 0.122 e. The highest BCUT2D eigenvalue weighted by Crippen LogP contribution is 2.29. The molecule has 1 aromatic carbocycles. The molecule has 1 unspecified atom stereocenters. The third kappa shape index (κ3) is 2.96. The third-order valence-electron chi connectivity index (χ3n) is 2.77. The number of likely N-dealkylation sites (N-methyl/N-ethyl adjacent to an activating group) is 1. The Balaban J connectivity index is 3.02. The molecule has 0 bridgehead atoms. The van der Waals surface area contributed by atoms with Gasteiger partial charge in [-0.25, -0.2) is 0 Å². The van der Waals surface area contributed by atoms with Gasteiger partial charge in [0.05, 0.1) is 7.11 Å². The van der Waals surface area contributed by atoms with E-state index in [2.05, 4.69) is 37.4 Å². The zero-order valence-corrected chi connectivity index (χ0v) is 10.1. The first-order valence-electron chi connectivity index (χ1n) is 5.52. The lowest BCUT2D eigenvalue weighted by Crippen LogP contribution is -2.17. The van der Waals surface area contributed by atoms with Gasteiger partial charge in [0.1, 0.15) is 5.75 Å². The second-order valence-electron chi connectivity index (χ2n) is 3.91. The van der Waals surface area contributed by atoms with E-state index in [1.54, 1.807) is 7.11 Å². The topological polar surface area (TPSA) is 21.3 Å². The quantitative estimate of drug-likeness (QED) is 0.801. The van der Waals surface area contributed by atoms with Crippen LogP contribution in [0.5, 0.6) is 5.75 Å². The Morgan fingerprint density at radius 1 is 1.40 bits per heavy atom. The van der Waals surface area contributed by atoms with Gasteiger partial charge in [0.2, 0.25) is 0 Å². The summed E-state index contributed by atoms with van der Waals surface area (Å²) in [4.78, 5) is 0. The molecule has 0 heterocycles. The van der Waals surface area contributed by atoms with Gasteiger partial charge in [-0.15, -0.1) is 0 Å². The molecule has 15 heavy (non-hydrogen) atoms. The van der Waals surface area contributed by atoms with Gasteiger partial charge in [0, 0.05) is 6.54 Å². The van der Waals surface area contributed by atoms with E-state index in [4.69, 9.17) is 4.74 Å². The fourth-order valence-corrected chi connectivity index (χ4v) is 1.89. The van der Waals surface area contributed by atoms with E-state index in [0.29, 0.717) is 5.92 Å². The summed E-state index contributed by atoms with van der Waals surface area (Å²) in [6.07, 6.45) is 1.13. The van der Waals surface area contributed by atoms with Crippen molar-refractivity contribution in [2.45, 2.75) is 26.2 Å². The molecule has 0 radical (unpaired) electrons. The van der Waals surface area contributed by atoms with Crippen molar-refractivity contribution in [1.29, 1.82) is 0 Å². The van der Waals surface area contributed by atoms with Gasteiger partial charge >= 0.3 is 0 Å². The molecule has 0 aliphatic heterocycles. The van der Waals surface area contributed by atoms with Crippen molar-refractivity contribution in [3.8, 4) is 5.75 Å². The summed E-state index contributed by atoms with van der Waals surface area (Å²) in [6, 6.07) is 6.38. The average Bonchev–Trinajstić information content (AvgIpc) is 2.26. The minimum Gasteiger partial charge on any atom is -0.496 e. The second kappa shape index (κ2) is 5.76. The number of methoxy groups -OCH3 is 1. The minimum atomic E-state index is 0.532. The molecule has 1 rings (SSSR count). The summed E-state index contributed by atoms with van der Waals surface area (Å²) in [6.45, 7) is 5.33. The number of hydrogen-bond acceptors (Lipinski definition) is 2. The molecule has 2 nitrogen and oxygen atoms in total. The molecule has 0 fully saturated rings. The van der Waals surface area contributed by atoms with Crippen LogP contribution in [0.2, 0.25) is 0 Å². The van der Waals surface area contributed by atoms with Crippen LogP contribution in [0.15, 0.2) is 18.2 Å².